The van der Waals surface area contributed by atoms with E-state index in [0.717, 1.165) is 65.7 Å². The molecule has 2 aromatic carbocycles. The maximum atomic E-state index is 12.7. The molecule has 4 aromatic heterocycles. The van der Waals surface area contributed by atoms with Crippen molar-refractivity contribution >= 4 is 15.9 Å². The van der Waals surface area contributed by atoms with Crippen molar-refractivity contribution in [1.82, 2.24) is 34.0 Å². The van der Waals surface area contributed by atoms with E-state index < -0.39 is 10.0 Å². The quantitative estimate of drug-likeness (QED) is 0.121. The van der Waals surface area contributed by atoms with Gasteiger partial charge in [0.2, 0.25) is 15.9 Å². The Hall–Kier alpha value is -6.64. The second-order valence-corrected chi connectivity index (χ2v) is 17.7. The molecule has 6 aromatic rings. The SMILES string of the molecule is CN(C1CCN(C(c2cccc(C#N)c2)C(c2cccnc2)c2cccnc2)CC1)S(C)(=O)=O.N#Cc1cccc(C(C(c2cccnc2)c2cccnc2)N2CCCC2=O)c1. The predicted octanol–water partition coefficient (Wildman–Crippen LogP) is 7.42. The van der Waals surface area contributed by atoms with Crippen LogP contribution >= 0.6 is 0 Å². The fourth-order valence-electron chi connectivity index (χ4n) is 8.87. The number of nitriles is 2. The Labute approximate surface area is 364 Å². The van der Waals surface area contributed by atoms with Gasteiger partial charge in [0.05, 0.1) is 35.6 Å². The Morgan fingerprint density at radius 2 is 1.05 bits per heavy atom. The van der Waals surface area contributed by atoms with Gasteiger partial charge in [0.1, 0.15) is 0 Å². The number of sulfonamides is 1. The highest BCUT2D eigenvalue weighted by Gasteiger charge is 2.38. The highest BCUT2D eigenvalue weighted by Crippen LogP contribution is 2.44. The average Bonchev–Trinajstić information content (AvgIpc) is 3.75. The van der Waals surface area contributed by atoms with E-state index in [1.165, 1.54) is 10.6 Å². The Bertz CT molecular complexity index is 2520. The maximum Gasteiger partial charge on any atom is 0.223 e. The van der Waals surface area contributed by atoms with Gasteiger partial charge in [-0.05, 0) is 101 Å². The molecule has 0 bridgehead atoms. The smallest absolute Gasteiger partial charge is 0.223 e. The lowest BCUT2D eigenvalue weighted by Gasteiger charge is -2.43. The zero-order valence-corrected chi connectivity index (χ0v) is 35.7. The van der Waals surface area contributed by atoms with E-state index in [1.54, 1.807) is 37.9 Å². The standard InChI is InChI=1S/C26H29N5O2S.C23H20N4O/c1-30(34(2,32)33)24-10-14-31(15-11-24)26(21-7-3-6-20(16-21)17-27)25(22-8-4-12-28-18-22)23-9-5-13-29-19-23;24-14-17-5-1-6-18(13-17)23(27-12-4-9-21(27)28)22(19-7-2-10-25-15-19)20-8-3-11-26-16-20/h3-9,12-13,16,18-19,24-26H,10-11,14-15H2,1-2H3;1-3,5-8,10-11,13,15-16,22-23H,4,9,12H2. The van der Waals surface area contributed by atoms with E-state index in [1.807, 2.05) is 102 Å². The normalized spacial score (nSPS) is 15.7. The van der Waals surface area contributed by atoms with Crippen molar-refractivity contribution in [3.63, 3.8) is 0 Å². The fraction of sp³-hybridized carbons (Fsp3) is 0.286. The minimum absolute atomic E-state index is 0.0208. The lowest BCUT2D eigenvalue weighted by molar-refractivity contribution is -0.130. The molecular formula is C49H49N9O3S. The largest absolute Gasteiger partial charge is 0.335 e. The van der Waals surface area contributed by atoms with Crippen molar-refractivity contribution in [3.8, 4) is 12.1 Å². The van der Waals surface area contributed by atoms with Crippen molar-refractivity contribution < 1.29 is 13.2 Å². The van der Waals surface area contributed by atoms with Gasteiger partial charge in [-0.1, -0.05) is 48.5 Å². The van der Waals surface area contributed by atoms with Crippen LogP contribution < -0.4 is 0 Å². The summed E-state index contributed by atoms with van der Waals surface area (Å²) in [6, 6.07) is 35.4. The number of carbonyl (C=O) groups excluding carboxylic acids is 1. The van der Waals surface area contributed by atoms with Crippen LogP contribution in [-0.4, -0.2) is 87.3 Å². The van der Waals surface area contributed by atoms with Gasteiger partial charge in [-0.15, -0.1) is 0 Å². The predicted molar refractivity (Wildman–Crippen MR) is 237 cm³/mol. The van der Waals surface area contributed by atoms with Gasteiger partial charge in [-0.3, -0.25) is 29.6 Å². The van der Waals surface area contributed by atoms with Gasteiger partial charge >= 0.3 is 0 Å². The number of piperidine rings is 1. The van der Waals surface area contributed by atoms with Crippen molar-refractivity contribution in [2.24, 2.45) is 0 Å². The molecule has 1 amide bonds. The Kier molecular flexibility index (Phi) is 14.2. The number of pyridine rings is 4. The van der Waals surface area contributed by atoms with Crippen molar-refractivity contribution in [1.29, 1.82) is 10.5 Å². The van der Waals surface area contributed by atoms with Crippen molar-refractivity contribution in [2.45, 2.75) is 55.6 Å². The lowest BCUT2D eigenvalue weighted by Crippen LogP contribution is -2.47. The molecule has 2 aliphatic rings. The molecule has 314 valence electrons. The third-order valence-corrected chi connectivity index (χ3v) is 13.2. The summed E-state index contributed by atoms with van der Waals surface area (Å²) in [4.78, 5) is 34.5. The Morgan fingerprint density at radius 1 is 0.629 bits per heavy atom. The lowest BCUT2D eigenvalue weighted by atomic mass is 9.81. The highest BCUT2D eigenvalue weighted by atomic mass is 32.2. The minimum atomic E-state index is -3.24. The highest BCUT2D eigenvalue weighted by molar-refractivity contribution is 7.88. The maximum absolute atomic E-state index is 12.7. The second-order valence-electron chi connectivity index (χ2n) is 15.7. The number of benzene rings is 2. The van der Waals surface area contributed by atoms with E-state index >= 15 is 0 Å². The van der Waals surface area contributed by atoms with E-state index in [0.29, 0.717) is 24.1 Å². The van der Waals surface area contributed by atoms with E-state index in [9.17, 15) is 23.7 Å². The molecule has 2 unspecified atom stereocenters. The molecule has 2 fully saturated rings. The number of nitrogens with zero attached hydrogens (tertiary/aromatic N) is 9. The number of carbonyl (C=O) groups is 1. The number of amides is 1. The van der Waals surface area contributed by atoms with E-state index in [4.69, 9.17) is 0 Å². The minimum Gasteiger partial charge on any atom is -0.335 e. The van der Waals surface area contributed by atoms with Gasteiger partial charge in [-0.2, -0.15) is 10.5 Å². The van der Waals surface area contributed by atoms with Gasteiger partial charge in [0.15, 0.2) is 0 Å². The fourth-order valence-corrected chi connectivity index (χ4v) is 9.62. The summed E-state index contributed by atoms with van der Waals surface area (Å²) in [7, 11) is -1.58. The molecule has 0 radical (unpaired) electrons. The molecule has 0 aliphatic carbocycles. The average molecular weight is 844 g/mol. The first kappa shape index (κ1) is 43.4. The number of hydrogen-bond donors (Lipinski definition) is 0. The summed E-state index contributed by atoms with van der Waals surface area (Å²) in [5, 5.41) is 18.9. The summed E-state index contributed by atoms with van der Waals surface area (Å²) >= 11 is 0. The van der Waals surface area contributed by atoms with Gasteiger partial charge in [-0.25, -0.2) is 12.7 Å². The summed E-state index contributed by atoms with van der Waals surface area (Å²) in [6.07, 6.45) is 18.6. The third kappa shape index (κ3) is 10.3. The first-order valence-electron chi connectivity index (χ1n) is 20.7. The summed E-state index contributed by atoms with van der Waals surface area (Å²) in [6.45, 7) is 2.18. The molecule has 0 spiro atoms. The van der Waals surface area contributed by atoms with Crippen LogP contribution in [0.3, 0.4) is 0 Å². The van der Waals surface area contributed by atoms with E-state index in [2.05, 4.69) is 55.2 Å². The molecule has 2 atom stereocenters. The van der Waals surface area contributed by atoms with Gasteiger partial charge in [0.25, 0.3) is 0 Å². The zero-order chi connectivity index (χ0) is 43.5. The van der Waals surface area contributed by atoms with Crippen LogP contribution in [0.5, 0.6) is 0 Å². The van der Waals surface area contributed by atoms with E-state index in [-0.39, 0.29) is 35.9 Å². The zero-order valence-electron chi connectivity index (χ0n) is 34.9. The number of aromatic nitrogens is 4. The summed E-state index contributed by atoms with van der Waals surface area (Å²) in [5.41, 5.74) is 7.37. The molecule has 0 saturated carbocycles. The van der Waals surface area contributed by atoms with Crippen LogP contribution in [0.1, 0.15) is 94.1 Å². The van der Waals surface area contributed by atoms with Crippen LogP contribution in [0.4, 0.5) is 0 Å². The van der Waals surface area contributed by atoms with Crippen LogP contribution in [0, 0.1) is 22.7 Å². The summed E-state index contributed by atoms with van der Waals surface area (Å²) < 4.78 is 25.7. The third-order valence-electron chi connectivity index (χ3n) is 11.9. The molecule has 2 saturated heterocycles. The van der Waals surface area contributed by atoms with Crippen LogP contribution in [0.15, 0.2) is 147 Å². The molecule has 2 aliphatic heterocycles. The van der Waals surface area contributed by atoms with Crippen molar-refractivity contribution in [2.75, 3.05) is 32.9 Å². The topological polar surface area (TPSA) is 160 Å². The number of hydrogen-bond acceptors (Lipinski definition) is 10. The second kappa shape index (κ2) is 20.3. The van der Waals surface area contributed by atoms with Crippen LogP contribution in [0.2, 0.25) is 0 Å². The van der Waals surface area contributed by atoms with Gasteiger partial charge in [0, 0.05) is 107 Å². The van der Waals surface area contributed by atoms with Crippen LogP contribution in [0.25, 0.3) is 0 Å². The monoisotopic (exact) mass is 843 g/mol. The molecular weight excluding hydrogens is 795 g/mol. The summed E-state index contributed by atoms with van der Waals surface area (Å²) in [5.74, 6) is -0.0379. The molecule has 0 N–H and O–H groups in total. The van der Waals surface area contributed by atoms with Crippen LogP contribution in [-0.2, 0) is 14.8 Å². The number of rotatable bonds is 12. The first-order chi connectivity index (χ1) is 30.2. The molecule has 12 nitrogen and oxygen atoms in total. The van der Waals surface area contributed by atoms with Crippen molar-refractivity contribution in [3.05, 3.63) is 191 Å². The molecule has 62 heavy (non-hydrogen) atoms. The Morgan fingerprint density at radius 3 is 1.42 bits per heavy atom. The van der Waals surface area contributed by atoms with Gasteiger partial charge < -0.3 is 4.90 Å². The molecule has 6 heterocycles. The molecule has 8 rings (SSSR count). The number of likely N-dealkylation sites (tertiary alicyclic amines) is 2. The first-order valence-corrected chi connectivity index (χ1v) is 22.6. The molecule has 13 heteroatoms. The Balaban J connectivity index is 0.000000190.